The van der Waals surface area contributed by atoms with E-state index in [-0.39, 0.29) is 4.90 Å². The SMILES string of the molecule is CCOc1ccccc1CN1CCN(S(=O)(=O)c2cc(OC)ccc2OC)CC1. The third-order valence-electron chi connectivity index (χ3n) is 4.99. The first-order valence-corrected chi connectivity index (χ1v) is 11.1. The minimum Gasteiger partial charge on any atom is -0.497 e. The van der Waals surface area contributed by atoms with Crippen LogP contribution >= 0.6 is 0 Å². The van der Waals surface area contributed by atoms with E-state index in [9.17, 15) is 8.42 Å². The van der Waals surface area contributed by atoms with Crippen LogP contribution in [0.4, 0.5) is 0 Å². The van der Waals surface area contributed by atoms with Crippen LogP contribution in [0, 0.1) is 0 Å². The summed E-state index contributed by atoms with van der Waals surface area (Å²) < 4.78 is 44.1. The van der Waals surface area contributed by atoms with Crippen molar-refractivity contribution in [3.63, 3.8) is 0 Å². The molecule has 1 heterocycles. The van der Waals surface area contributed by atoms with Gasteiger partial charge in [-0.15, -0.1) is 0 Å². The summed E-state index contributed by atoms with van der Waals surface area (Å²) in [5, 5.41) is 0. The summed E-state index contributed by atoms with van der Waals surface area (Å²) in [6.45, 7) is 5.43. The van der Waals surface area contributed by atoms with Gasteiger partial charge in [0.25, 0.3) is 0 Å². The number of methoxy groups -OCH3 is 2. The number of nitrogens with zero attached hydrogens (tertiary/aromatic N) is 2. The maximum absolute atomic E-state index is 13.2. The first-order valence-electron chi connectivity index (χ1n) is 9.64. The molecule has 29 heavy (non-hydrogen) atoms. The molecular formula is C21H28N2O5S. The highest BCUT2D eigenvalue weighted by Gasteiger charge is 2.31. The monoisotopic (exact) mass is 420 g/mol. The van der Waals surface area contributed by atoms with Gasteiger partial charge in [0, 0.05) is 44.4 Å². The van der Waals surface area contributed by atoms with Crippen molar-refractivity contribution in [3.05, 3.63) is 48.0 Å². The van der Waals surface area contributed by atoms with Crippen molar-refractivity contribution in [2.24, 2.45) is 0 Å². The molecule has 1 saturated heterocycles. The number of hydrogen-bond acceptors (Lipinski definition) is 6. The van der Waals surface area contributed by atoms with Crippen LogP contribution in [-0.2, 0) is 16.6 Å². The highest BCUT2D eigenvalue weighted by molar-refractivity contribution is 7.89. The average Bonchev–Trinajstić information content (AvgIpc) is 2.75. The minimum atomic E-state index is -3.67. The van der Waals surface area contributed by atoms with Crippen LogP contribution in [0.3, 0.4) is 0 Å². The lowest BCUT2D eigenvalue weighted by Crippen LogP contribution is -2.48. The van der Waals surface area contributed by atoms with Crippen molar-refractivity contribution in [2.45, 2.75) is 18.4 Å². The Morgan fingerprint density at radius 2 is 1.66 bits per heavy atom. The van der Waals surface area contributed by atoms with Gasteiger partial charge in [-0.25, -0.2) is 8.42 Å². The van der Waals surface area contributed by atoms with Gasteiger partial charge >= 0.3 is 0 Å². The third-order valence-corrected chi connectivity index (χ3v) is 6.91. The molecule has 0 spiro atoms. The average molecular weight is 421 g/mol. The van der Waals surface area contributed by atoms with Gasteiger partial charge in [0.15, 0.2) is 0 Å². The Morgan fingerprint density at radius 3 is 2.31 bits per heavy atom. The van der Waals surface area contributed by atoms with Crippen LogP contribution in [-0.4, -0.2) is 64.6 Å². The fourth-order valence-corrected chi connectivity index (χ4v) is 5.02. The Hall–Kier alpha value is -2.29. The van der Waals surface area contributed by atoms with Gasteiger partial charge in [-0.05, 0) is 25.1 Å². The lowest BCUT2D eigenvalue weighted by atomic mass is 10.2. The first kappa shape index (κ1) is 21.4. The van der Waals surface area contributed by atoms with E-state index in [4.69, 9.17) is 14.2 Å². The van der Waals surface area contributed by atoms with Gasteiger partial charge in [-0.3, -0.25) is 4.90 Å². The molecule has 0 aromatic heterocycles. The molecule has 0 saturated carbocycles. The number of ether oxygens (including phenoxy) is 3. The third kappa shape index (κ3) is 4.83. The van der Waals surface area contributed by atoms with Gasteiger partial charge in [-0.2, -0.15) is 4.31 Å². The van der Waals surface area contributed by atoms with Crippen molar-refractivity contribution in [1.82, 2.24) is 9.21 Å². The number of hydrogen-bond donors (Lipinski definition) is 0. The molecule has 0 aliphatic carbocycles. The molecule has 0 amide bonds. The van der Waals surface area contributed by atoms with Crippen LogP contribution in [0.25, 0.3) is 0 Å². The highest BCUT2D eigenvalue weighted by atomic mass is 32.2. The van der Waals surface area contributed by atoms with E-state index in [1.807, 2.05) is 25.1 Å². The molecule has 0 unspecified atom stereocenters. The molecule has 0 atom stereocenters. The second-order valence-corrected chi connectivity index (χ2v) is 8.64. The summed E-state index contributed by atoms with van der Waals surface area (Å²) in [6.07, 6.45) is 0. The zero-order valence-electron chi connectivity index (χ0n) is 17.1. The zero-order chi connectivity index (χ0) is 20.9. The van der Waals surface area contributed by atoms with Crippen molar-refractivity contribution in [3.8, 4) is 17.2 Å². The number of piperazine rings is 1. The minimum absolute atomic E-state index is 0.134. The van der Waals surface area contributed by atoms with Gasteiger partial charge in [0.2, 0.25) is 10.0 Å². The van der Waals surface area contributed by atoms with E-state index in [0.717, 1.165) is 17.9 Å². The molecule has 158 valence electrons. The van der Waals surface area contributed by atoms with Crippen LogP contribution in [0.15, 0.2) is 47.4 Å². The van der Waals surface area contributed by atoms with E-state index in [1.54, 1.807) is 12.1 Å². The van der Waals surface area contributed by atoms with Crippen molar-refractivity contribution in [1.29, 1.82) is 0 Å². The summed E-state index contributed by atoms with van der Waals surface area (Å²) in [7, 11) is -0.696. The Bertz CT molecular complexity index is 924. The number of rotatable bonds is 8. The predicted molar refractivity (Wildman–Crippen MR) is 111 cm³/mol. The maximum atomic E-state index is 13.2. The summed E-state index contributed by atoms with van der Waals surface area (Å²) in [5.74, 6) is 1.68. The first-order chi connectivity index (χ1) is 14.0. The van der Waals surface area contributed by atoms with Crippen LogP contribution < -0.4 is 14.2 Å². The molecule has 0 radical (unpaired) electrons. The van der Waals surface area contributed by atoms with Crippen LogP contribution in [0.5, 0.6) is 17.2 Å². The smallest absolute Gasteiger partial charge is 0.246 e. The Labute approximate surface area is 172 Å². The zero-order valence-corrected chi connectivity index (χ0v) is 17.9. The van der Waals surface area contributed by atoms with Crippen LogP contribution in [0.2, 0.25) is 0 Å². The van der Waals surface area contributed by atoms with Crippen molar-refractivity contribution in [2.75, 3.05) is 47.0 Å². The van der Waals surface area contributed by atoms with E-state index in [1.165, 1.54) is 24.6 Å². The molecular weight excluding hydrogens is 392 g/mol. The molecule has 0 N–H and O–H groups in total. The lowest BCUT2D eigenvalue weighted by molar-refractivity contribution is 0.179. The standard InChI is InChI=1S/C21H28N2O5S/c1-4-28-19-8-6-5-7-17(19)16-22-11-13-23(14-12-22)29(24,25)21-15-18(26-2)9-10-20(21)27-3/h5-10,15H,4,11-14,16H2,1-3H3. The predicted octanol–water partition coefficient (Wildman–Crippen LogP) is 2.61. The number of benzene rings is 2. The quantitative estimate of drug-likeness (QED) is 0.654. The van der Waals surface area contributed by atoms with Gasteiger partial charge in [0.05, 0.1) is 20.8 Å². The molecule has 8 heteroatoms. The van der Waals surface area contributed by atoms with E-state index < -0.39 is 10.0 Å². The largest absolute Gasteiger partial charge is 0.497 e. The lowest BCUT2D eigenvalue weighted by Gasteiger charge is -2.34. The second-order valence-electron chi connectivity index (χ2n) is 6.74. The number of sulfonamides is 1. The Morgan fingerprint density at radius 1 is 0.931 bits per heavy atom. The van der Waals surface area contributed by atoms with Gasteiger partial charge in [0.1, 0.15) is 22.1 Å². The molecule has 3 rings (SSSR count). The topological polar surface area (TPSA) is 68.3 Å². The fourth-order valence-electron chi connectivity index (χ4n) is 3.42. The molecule has 1 fully saturated rings. The normalized spacial score (nSPS) is 15.8. The Kier molecular flexibility index (Phi) is 7.00. The van der Waals surface area contributed by atoms with Gasteiger partial charge in [-0.1, -0.05) is 18.2 Å². The molecule has 1 aliphatic heterocycles. The van der Waals surface area contributed by atoms with Crippen molar-refractivity contribution < 1.29 is 22.6 Å². The van der Waals surface area contributed by atoms with E-state index in [0.29, 0.717) is 44.3 Å². The number of para-hydroxylation sites is 1. The molecule has 2 aromatic carbocycles. The molecule has 1 aliphatic rings. The fraction of sp³-hybridized carbons (Fsp3) is 0.429. The summed E-state index contributed by atoms with van der Waals surface area (Å²) >= 11 is 0. The molecule has 7 nitrogen and oxygen atoms in total. The van der Waals surface area contributed by atoms with E-state index >= 15 is 0 Å². The molecule has 2 aromatic rings. The summed E-state index contributed by atoms with van der Waals surface area (Å²) in [5.41, 5.74) is 1.11. The second kappa shape index (κ2) is 9.47. The van der Waals surface area contributed by atoms with Crippen LogP contribution in [0.1, 0.15) is 12.5 Å². The molecule has 0 bridgehead atoms. The maximum Gasteiger partial charge on any atom is 0.246 e. The van der Waals surface area contributed by atoms with E-state index in [2.05, 4.69) is 11.0 Å². The summed E-state index contributed by atoms with van der Waals surface area (Å²) in [6, 6.07) is 12.8. The van der Waals surface area contributed by atoms with Crippen molar-refractivity contribution >= 4 is 10.0 Å². The summed E-state index contributed by atoms with van der Waals surface area (Å²) in [4.78, 5) is 2.38. The Balaban J connectivity index is 1.71. The highest BCUT2D eigenvalue weighted by Crippen LogP contribution is 2.31. The van der Waals surface area contributed by atoms with Gasteiger partial charge < -0.3 is 14.2 Å².